The molecule has 1 aromatic heterocycles. The maximum absolute atomic E-state index is 14.2. The first kappa shape index (κ1) is 21.3. The number of carbonyl (C=O) groups excluding carboxylic acids is 3. The molecule has 162 valence electrons. The number of carbonyl (C=O) groups is 3. The number of ketones is 1. The summed E-state index contributed by atoms with van der Waals surface area (Å²) in [5.74, 6) is -2.33. The summed E-state index contributed by atoms with van der Waals surface area (Å²) in [5, 5.41) is 4.40. The van der Waals surface area contributed by atoms with Crippen LogP contribution in [-0.2, 0) is 9.59 Å². The van der Waals surface area contributed by atoms with Gasteiger partial charge in [0.1, 0.15) is 17.4 Å². The van der Waals surface area contributed by atoms with E-state index >= 15 is 0 Å². The van der Waals surface area contributed by atoms with E-state index < -0.39 is 17.5 Å². The molecule has 0 radical (unpaired) electrons. The van der Waals surface area contributed by atoms with Crippen LogP contribution >= 0.6 is 11.3 Å². The van der Waals surface area contributed by atoms with Gasteiger partial charge in [0.2, 0.25) is 5.91 Å². The number of fused-ring (bicyclic) bond motifs is 1. The minimum atomic E-state index is -0.897. The SMILES string of the molecule is CC(=O)N(c1nc(/C=C/C(=O)c2ccc3c(c2)NC(=O)CO3)cs1)c1ccc(F)cc1F. The zero-order chi connectivity index (χ0) is 22.8. The Hall–Kier alpha value is -3.92. The van der Waals surface area contributed by atoms with Crippen LogP contribution in [0.5, 0.6) is 5.75 Å². The van der Waals surface area contributed by atoms with Crippen molar-refractivity contribution in [3.63, 3.8) is 0 Å². The first-order valence-electron chi connectivity index (χ1n) is 9.32. The van der Waals surface area contributed by atoms with Gasteiger partial charge in [-0.05, 0) is 42.5 Å². The summed E-state index contributed by atoms with van der Waals surface area (Å²) in [6.07, 6.45) is 2.75. The first-order chi connectivity index (χ1) is 15.3. The lowest BCUT2D eigenvalue weighted by Crippen LogP contribution is -2.25. The molecule has 2 aromatic carbocycles. The lowest BCUT2D eigenvalue weighted by atomic mass is 10.1. The molecule has 1 N–H and O–H groups in total. The number of ether oxygens (including phenoxy) is 1. The Morgan fingerprint density at radius 3 is 2.78 bits per heavy atom. The van der Waals surface area contributed by atoms with Crippen molar-refractivity contribution in [3.8, 4) is 5.75 Å². The van der Waals surface area contributed by atoms with Gasteiger partial charge in [0, 0.05) is 23.9 Å². The molecule has 3 aromatic rings. The Bertz CT molecular complexity index is 1270. The predicted octanol–water partition coefficient (Wildman–Crippen LogP) is 4.33. The van der Waals surface area contributed by atoms with Crippen LogP contribution in [0.15, 0.2) is 47.9 Å². The van der Waals surface area contributed by atoms with E-state index in [1.54, 1.807) is 17.5 Å². The van der Waals surface area contributed by atoms with Crippen molar-refractivity contribution in [1.29, 1.82) is 0 Å². The quantitative estimate of drug-likeness (QED) is 0.457. The van der Waals surface area contributed by atoms with Crippen LogP contribution in [0.4, 0.5) is 25.3 Å². The maximum Gasteiger partial charge on any atom is 0.262 e. The number of hydrogen-bond donors (Lipinski definition) is 1. The number of rotatable bonds is 5. The van der Waals surface area contributed by atoms with Crippen LogP contribution in [-0.4, -0.2) is 29.2 Å². The number of allylic oxidation sites excluding steroid dienone is 1. The highest BCUT2D eigenvalue weighted by Gasteiger charge is 2.21. The average Bonchev–Trinajstić information content (AvgIpc) is 3.21. The van der Waals surface area contributed by atoms with Crippen molar-refractivity contribution in [3.05, 3.63) is 70.7 Å². The number of nitrogens with one attached hydrogen (secondary N) is 1. The van der Waals surface area contributed by atoms with E-state index in [2.05, 4.69) is 10.3 Å². The van der Waals surface area contributed by atoms with Crippen LogP contribution in [0.25, 0.3) is 6.08 Å². The molecule has 0 spiro atoms. The van der Waals surface area contributed by atoms with Gasteiger partial charge in [-0.2, -0.15) is 0 Å². The summed E-state index contributed by atoms with van der Waals surface area (Å²) in [4.78, 5) is 41.4. The fourth-order valence-electron chi connectivity index (χ4n) is 3.02. The van der Waals surface area contributed by atoms with Gasteiger partial charge in [0.15, 0.2) is 17.5 Å². The Balaban J connectivity index is 1.54. The molecule has 0 atom stereocenters. The molecular weight excluding hydrogens is 440 g/mol. The second-order valence-electron chi connectivity index (χ2n) is 6.75. The first-order valence-corrected chi connectivity index (χ1v) is 10.2. The number of anilines is 3. The van der Waals surface area contributed by atoms with Crippen molar-refractivity contribution in [1.82, 2.24) is 4.98 Å². The van der Waals surface area contributed by atoms with E-state index in [0.717, 1.165) is 28.4 Å². The van der Waals surface area contributed by atoms with Gasteiger partial charge in [-0.15, -0.1) is 11.3 Å². The second kappa shape index (κ2) is 8.67. The van der Waals surface area contributed by atoms with Gasteiger partial charge in [-0.25, -0.2) is 13.8 Å². The molecule has 1 aliphatic heterocycles. The lowest BCUT2D eigenvalue weighted by Gasteiger charge is -2.18. The van der Waals surface area contributed by atoms with E-state index in [4.69, 9.17) is 4.74 Å². The standard InChI is InChI=1S/C22H15F2N3O4S/c1-12(28)27(18-5-3-14(23)9-16(18)24)22-25-15(11-32-22)4-6-19(29)13-2-7-20-17(8-13)26-21(30)10-31-20/h2-9,11H,10H2,1H3,(H,26,30)/b6-4+. The smallest absolute Gasteiger partial charge is 0.262 e. The largest absolute Gasteiger partial charge is 0.482 e. The van der Waals surface area contributed by atoms with E-state index in [1.807, 2.05) is 0 Å². The van der Waals surface area contributed by atoms with Crippen molar-refractivity contribution < 1.29 is 27.9 Å². The predicted molar refractivity (Wildman–Crippen MR) is 115 cm³/mol. The van der Waals surface area contributed by atoms with Crippen LogP contribution in [0.1, 0.15) is 23.0 Å². The Morgan fingerprint density at radius 1 is 1.22 bits per heavy atom. The third-order valence-electron chi connectivity index (χ3n) is 4.47. The molecule has 1 aliphatic rings. The summed E-state index contributed by atoms with van der Waals surface area (Å²) in [6.45, 7) is 1.16. The van der Waals surface area contributed by atoms with Crippen LogP contribution < -0.4 is 15.0 Å². The topological polar surface area (TPSA) is 88.6 Å². The number of nitrogens with zero attached hydrogens (tertiary/aromatic N) is 2. The second-order valence-corrected chi connectivity index (χ2v) is 7.59. The number of benzene rings is 2. The minimum absolute atomic E-state index is 0.0779. The number of hydrogen-bond acceptors (Lipinski definition) is 6. The maximum atomic E-state index is 14.2. The van der Waals surface area contributed by atoms with Crippen LogP contribution in [0, 0.1) is 11.6 Å². The summed E-state index contributed by atoms with van der Waals surface area (Å²) >= 11 is 1.07. The molecule has 7 nitrogen and oxygen atoms in total. The monoisotopic (exact) mass is 455 g/mol. The van der Waals surface area contributed by atoms with Gasteiger partial charge in [0.25, 0.3) is 5.91 Å². The minimum Gasteiger partial charge on any atom is -0.482 e. The molecule has 0 aliphatic carbocycles. The van der Waals surface area contributed by atoms with E-state index in [1.165, 1.54) is 25.1 Å². The normalized spacial score (nSPS) is 12.8. The zero-order valence-corrected chi connectivity index (χ0v) is 17.4. The molecule has 0 bridgehead atoms. The Morgan fingerprint density at radius 2 is 2.03 bits per heavy atom. The molecule has 4 rings (SSSR count). The van der Waals surface area contributed by atoms with Gasteiger partial charge in [0.05, 0.1) is 17.1 Å². The molecule has 0 fully saturated rings. The molecule has 2 heterocycles. The molecule has 2 amide bonds. The summed E-state index contributed by atoms with van der Waals surface area (Å²) in [7, 11) is 0. The van der Waals surface area contributed by atoms with Crippen LogP contribution in [0.3, 0.4) is 0 Å². The number of halogens is 2. The van der Waals surface area contributed by atoms with E-state index in [0.29, 0.717) is 28.8 Å². The van der Waals surface area contributed by atoms with Crippen molar-refractivity contribution in [2.24, 2.45) is 0 Å². The van der Waals surface area contributed by atoms with E-state index in [-0.39, 0.29) is 29.1 Å². The molecule has 0 saturated heterocycles. The lowest BCUT2D eigenvalue weighted by molar-refractivity contribution is -0.118. The zero-order valence-electron chi connectivity index (χ0n) is 16.6. The number of amides is 2. The molecular formula is C22H15F2N3O4S. The van der Waals surface area contributed by atoms with E-state index in [9.17, 15) is 23.2 Å². The van der Waals surface area contributed by atoms with Crippen molar-refractivity contribution in [2.75, 3.05) is 16.8 Å². The fourth-order valence-corrected chi connectivity index (χ4v) is 3.87. The Kier molecular flexibility index (Phi) is 5.78. The van der Waals surface area contributed by atoms with Gasteiger partial charge in [-0.1, -0.05) is 0 Å². The summed E-state index contributed by atoms with van der Waals surface area (Å²) < 4.78 is 32.7. The van der Waals surface area contributed by atoms with Crippen molar-refractivity contribution >= 4 is 51.5 Å². The van der Waals surface area contributed by atoms with Gasteiger partial charge >= 0.3 is 0 Å². The Labute approximate surface area is 185 Å². The third kappa shape index (κ3) is 4.40. The summed E-state index contributed by atoms with van der Waals surface area (Å²) in [5.41, 5.74) is 0.995. The highest BCUT2D eigenvalue weighted by molar-refractivity contribution is 7.14. The molecule has 32 heavy (non-hydrogen) atoms. The number of aromatic nitrogens is 1. The molecule has 0 saturated carbocycles. The highest BCUT2D eigenvalue weighted by Crippen LogP contribution is 2.32. The van der Waals surface area contributed by atoms with Gasteiger partial charge < -0.3 is 10.1 Å². The van der Waals surface area contributed by atoms with Crippen molar-refractivity contribution in [2.45, 2.75) is 6.92 Å². The fraction of sp³-hybridized carbons (Fsp3) is 0.0909. The highest BCUT2D eigenvalue weighted by atomic mass is 32.1. The number of thiazole rings is 1. The summed E-state index contributed by atoms with van der Waals surface area (Å²) in [6, 6.07) is 7.58. The average molecular weight is 455 g/mol. The molecule has 0 unspecified atom stereocenters. The molecule has 10 heteroatoms. The third-order valence-corrected chi connectivity index (χ3v) is 5.31. The van der Waals surface area contributed by atoms with Crippen LogP contribution in [0.2, 0.25) is 0 Å². The van der Waals surface area contributed by atoms with Gasteiger partial charge in [-0.3, -0.25) is 19.3 Å².